The maximum Gasteiger partial charge on any atom is 0.125 e. The Labute approximate surface area is 124 Å². The molecule has 0 atom stereocenters. The molecule has 0 radical (unpaired) electrons. The fourth-order valence-corrected chi connectivity index (χ4v) is 2.65. The zero-order valence-corrected chi connectivity index (χ0v) is 12.7. The van der Waals surface area contributed by atoms with Crippen LogP contribution in [0.1, 0.15) is 19.4 Å². The van der Waals surface area contributed by atoms with Gasteiger partial charge in [0.1, 0.15) is 5.82 Å². The quantitative estimate of drug-likeness (QED) is 0.799. The van der Waals surface area contributed by atoms with Crippen LogP contribution in [0.25, 0.3) is 22.2 Å². The highest BCUT2D eigenvalue weighted by molar-refractivity contribution is 5.84. The van der Waals surface area contributed by atoms with Crippen LogP contribution < -0.4 is 5.73 Å². The third-order valence-corrected chi connectivity index (χ3v) is 3.68. The van der Waals surface area contributed by atoms with Gasteiger partial charge in [-0.3, -0.25) is 9.67 Å². The van der Waals surface area contributed by atoms with E-state index in [1.807, 2.05) is 25.4 Å². The van der Waals surface area contributed by atoms with Crippen molar-refractivity contribution in [1.29, 1.82) is 0 Å². The molecule has 0 bridgehead atoms. The molecule has 0 saturated heterocycles. The normalized spacial score (nSPS) is 11.4. The van der Waals surface area contributed by atoms with Crippen molar-refractivity contribution in [3.63, 3.8) is 0 Å². The molecule has 21 heavy (non-hydrogen) atoms. The van der Waals surface area contributed by atoms with Crippen LogP contribution in [0.15, 0.2) is 36.5 Å². The summed E-state index contributed by atoms with van der Waals surface area (Å²) in [4.78, 5) is 4.36. The minimum atomic E-state index is 0.539. The van der Waals surface area contributed by atoms with E-state index in [1.165, 1.54) is 0 Å². The summed E-state index contributed by atoms with van der Waals surface area (Å²) in [6, 6.07) is 10.3. The van der Waals surface area contributed by atoms with E-state index in [0.29, 0.717) is 5.92 Å². The van der Waals surface area contributed by atoms with Gasteiger partial charge in [0.25, 0.3) is 0 Å². The van der Waals surface area contributed by atoms with E-state index in [4.69, 9.17) is 5.73 Å². The van der Waals surface area contributed by atoms with E-state index in [0.717, 1.165) is 40.0 Å². The van der Waals surface area contributed by atoms with E-state index >= 15 is 0 Å². The summed E-state index contributed by atoms with van der Waals surface area (Å²) in [5.41, 5.74) is 10.4. The van der Waals surface area contributed by atoms with Gasteiger partial charge >= 0.3 is 0 Å². The molecule has 4 heteroatoms. The first-order chi connectivity index (χ1) is 10.1. The van der Waals surface area contributed by atoms with Gasteiger partial charge in [-0.2, -0.15) is 5.10 Å². The van der Waals surface area contributed by atoms with E-state index in [2.05, 4.69) is 42.1 Å². The lowest BCUT2D eigenvalue weighted by Crippen LogP contribution is -2.02. The third kappa shape index (κ3) is 2.49. The van der Waals surface area contributed by atoms with Crippen molar-refractivity contribution in [2.24, 2.45) is 13.0 Å². The second-order valence-corrected chi connectivity index (χ2v) is 5.84. The van der Waals surface area contributed by atoms with Crippen LogP contribution in [0.3, 0.4) is 0 Å². The van der Waals surface area contributed by atoms with E-state index in [-0.39, 0.29) is 0 Å². The Balaban J connectivity index is 2.15. The van der Waals surface area contributed by atoms with Gasteiger partial charge in [0.05, 0.1) is 11.2 Å². The minimum absolute atomic E-state index is 0.539. The summed E-state index contributed by atoms with van der Waals surface area (Å²) in [6.07, 6.45) is 2.74. The average molecular weight is 280 g/mol. The van der Waals surface area contributed by atoms with Gasteiger partial charge < -0.3 is 5.73 Å². The molecule has 108 valence electrons. The van der Waals surface area contributed by atoms with Crippen molar-refractivity contribution in [1.82, 2.24) is 14.8 Å². The summed E-state index contributed by atoms with van der Waals surface area (Å²) in [6.45, 7) is 4.39. The topological polar surface area (TPSA) is 56.7 Å². The molecule has 0 spiro atoms. The molecule has 2 aromatic heterocycles. The number of benzene rings is 1. The molecule has 0 amide bonds. The first kappa shape index (κ1) is 13.6. The van der Waals surface area contributed by atoms with Crippen molar-refractivity contribution in [3.8, 4) is 11.3 Å². The van der Waals surface area contributed by atoms with E-state index < -0.39 is 0 Å². The van der Waals surface area contributed by atoms with Crippen molar-refractivity contribution in [2.45, 2.75) is 20.3 Å². The number of nitrogen functional groups attached to an aromatic ring is 1. The number of hydrogen-bond donors (Lipinski definition) is 1. The maximum absolute atomic E-state index is 6.19. The lowest BCUT2D eigenvalue weighted by Gasteiger charge is -2.07. The van der Waals surface area contributed by atoms with Crippen molar-refractivity contribution < 1.29 is 0 Å². The highest BCUT2D eigenvalue weighted by Gasteiger charge is 2.16. The summed E-state index contributed by atoms with van der Waals surface area (Å²) < 4.78 is 1.76. The summed E-state index contributed by atoms with van der Waals surface area (Å²) >= 11 is 0. The molecule has 0 fully saturated rings. The lowest BCUT2D eigenvalue weighted by atomic mass is 9.98. The largest absolute Gasteiger partial charge is 0.384 e. The monoisotopic (exact) mass is 280 g/mol. The molecule has 0 aliphatic rings. The Morgan fingerprint density at radius 2 is 2.05 bits per heavy atom. The molecule has 0 aliphatic heterocycles. The number of nitrogens with two attached hydrogens (primary N) is 1. The Bertz CT molecular complexity index is 787. The van der Waals surface area contributed by atoms with Gasteiger partial charge in [0, 0.05) is 29.8 Å². The van der Waals surface area contributed by atoms with Gasteiger partial charge in [-0.15, -0.1) is 0 Å². The molecular weight excluding hydrogens is 260 g/mol. The first-order valence-corrected chi connectivity index (χ1v) is 7.22. The fourth-order valence-electron chi connectivity index (χ4n) is 2.65. The highest BCUT2D eigenvalue weighted by Crippen LogP contribution is 2.30. The Kier molecular flexibility index (Phi) is 3.37. The number of rotatable bonds is 3. The molecular formula is C17H20N4. The summed E-state index contributed by atoms with van der Waals surface area (Å²) in [5, 5.41) is 5.73. The highest BCUT2D eigenvalue weighted by atomic mass is 15.3. The standard InChI is InChI=1S/C17H20N4/c1-11(2)9-14-16(20-21(3)17(14)18)13-6-7-15-12(10-13)5-4-8-19-15/h4-8,10-11H,9,18H2,1-3H3. The molecule has 2 heterocycles. The van der Waals surface area contributed by atoms with Crippen LogP contribution in [-0.2, 0) is 13.5 Å². The molecule has 1 aromatic carbocycles. The van der Waals surface area contributed by atoms with Gasteiger partial charge in [-0.05, 0) is 30.5 Å². The third-order valence-electron chi connectivity index (χ3n) is 3.68. The number of pyridine rings is 1. The smallest absolute Gasteiger partial charge is 0.125 e. The van der Waals surface area contributed by atoms with Gasteiger partial charge in [-0.25, -0.2) is 0 Å². The van der Waals surface area contributed by atoms with E-state index in [9.17, 15) is 0 Å². The first-order valence-electron chi connectivity index (χ1n) is 7.22. The second-order valence-electron chi connectivity index (χ2n) is 5.84. The zero-order valence-electron chi connectivity index (χ0n) is 12.7. The van der Waals surface area contributed by atoms with Crippen LogP contribution in [0, 0.1) is 5.92 Å². The fraction of sp³-hybridized carbons (Fsp3) is 0.294. The predicted molar refractivity (Wildman–Crippen MR) is 86.9 cm³/mol. The van der Waals surface area contributed by atoms with Gasteiger partial charge in [-0.1, -0.05) is 26.0 Å². The van der Waals surface area contributed by atoms with E-state index in [1.54, 1.807) is 4.68 Å². The number of nitrogens with zero attached hydrogens (tertiary/aromatic N) is 3. The van der Waals surface area contributed by atoms with Crippen LogP contribution >= 0.6 is 0 Å². The van der Waals surface area contributed by atoms with Crippen molar-refractivity contribution in [3.05, 3.63) is 42.1 Å². The second kappa shape index (κ2) is 5.20. The van der Waals surface area contributed by atoms with Gasteiger partial charge in [0.15, 0.2) is 0 Å². The number of aryl methyl sites for hydroxylation is 1. The molecule has 0 aliphatic carbocycles. The Hall–Kier alpha value is -2.36. The molecule has 4 nitrogen and oxygen atoms in total. The number of fused-ring (bicyclic) bond motifs is 1. The van der Waals surface area contributed by atoms with Gasteiger partial charge in [0.2, 0.25) is 0 Å². The maximum atomic E-state index is 6.19. The van der Waals surface area contributed by atoms with Crippen LogP contribution in [0.5, 0.6) is 0 Å². The van der Waals surface area contributed by atoms with Crippen LogP contribution in [0.4, 0.5) is 5.82 Å². The molecule has 3 rings (SSSR count). The molecule has 0 unspecified atom stereocenters. The van der Waals surface area contributed by atoms with Crippen molar-refractivity contribution >= 4 is 16.7 Å². The van der Waals surface area contributed by atoms with Crippen LogP contribution in [0.2, 0.25) is 0 Å². The summed E-state index contributed by atoms with van der Waals surface area (Å²) in [5.74, 6) is 1.29. The van der Waals surface area contributed by atoms with Crippen molar-refractivity contribution in [2.75, 3.05) is 5.73 Å². The Morgan fingerprint density at radius 3 is 2.81 bits per heavy atom. The minimum Gasteiger partial charge on any atom is -0.384 e. The lowest BCUT2D eigenvalue weighted by molar-refractivity contribution is 0.648. The number of anilines is 1. The summed E-state index contributed by atoms with van der Waals surface area (Å²) in [7, 11) is 1.89. The zero-order chi connectivity index (χ0) is 15.0. The molecule has 3 aromatic rings. The number of aromatic nitrogens is 3. The SMILES string of the molecule is CC(C)Cc1c(-c2ccc3ncccc3c2)nn(C)c1N. The average Bonchev–Trinajstić information content (AvgIpc) is 2.74. The Morgan fingerprint density at radius 1 is 1.24 bits per heavy atom. The van der Waals surface area contributed by atoms with Crippen LogP contribution in [-0.4, -0.2) is 14.8 Å². The predicted octanol–water partition coefficient (Wildman–Crippen LogP) is 3.42. The number of hydrogen-bond acceptors (Lipinski definition) is 3. The molecule has 2 N–H and O–H groups in total. The molecule has 0 saturated carbocycles.